The van der Waals surface area contributed by atoms with Gasteiger partial charge in [0.15, 0.2) is 0 Å². The van der Waals surface area contributed by atoms with Gasteiger partial charge >= 0.3 is 0 Å². The smallest absolute Gasteiger partial charge is 0.270 e. The average Bonchev–Trinajstić information content (AvgIpc) is 2.44. The number of non-ortho nitro benzene ring substituents is 1. The van der Waals surface area contributed by atoms with Gasteiger partial charge in [-0.1, -0.05) is 29.8 Å². The van der Waals surface area contributed by atoms with E-state index in [0.717, 1.165) is 49.2 Å². The SMILES string of the molecule is CCN(CC)CCCNCc1ccc([N+](=O)[O-])cc1Br. The minimum absolute atomic E-state index is 0.113. The molecule has 1 rings (SSSR count). The summed E-state index contributed by atoms with van der Waals surface area (Å²) in [6.07, 6.45) is 1.10. The monoisotopic (exact) mass is 343 g/mol. The summed E-state index contributed by atoms with van der Waals surface area (Å²) in [4.78, 5) is 12.7. The zero-order valence-corrected chi connectivity index (χ0v) is 13.6. The molecule has 0 unspecified atom stereocenters. The topological polar surface area (TPSA) is 58.4 Å². The molecular formula is C14H22BrN3O2. The van der Waals surface area contributed by atoms with Crippen molar-refractivity contribution in [3.8, 4) is 0 Å². The molecule has 0 spiro atoms. The zero-order valence-electron chi connectivity index (χ0n) is 12.1. The van der Waals surface area contributed by atoms with Gasteiger partial charge in [0.2, 0.25) is 0 Å². The van der Waals surface area contributed by atoms with Crippen LogP contribution in [0.1, 0.15) is 25.8 Å². The Balaban J connectivity index is 2.34. The Hall–Kier alpha value is -0.980. The highest BCUT2D eigenvalue weighted by molar-refractivity contribution is 9.10. The maximum absolute atomic E-state index is 10.6. The Morgan fingerprint density at radius 1 is 1.35 bits per heavy atom. The highest BCUT2D eigenvalue weighted by Gasteiger charge is 2.08. The number of hydrogen-bond donors (Lipinski definition) is 1. The number of nitrogens with zero attached hydrogens (tertiary/aromatic N) is 2. The molecule has 20 heavy (non-hydrogen) atoms. The maximum Gasteiger partial charge on any atom is 0.270 e. The third kappa shape index (κ3) is 5.56. The van der Waals surface area contributed by atoms with Crippen molar-refractivity contribution in [2.24, 2.45) is 0 Å². The molecule has 0 saturated carbocycles. The number of nitrogens with one attached hydrogen (secondary N) is 1. The molecule has 0 aliphatic carbocycles. The zero-order chi connectivity index (χ0) is 15.0. The number of rotatable bonds is 9. The standard InChI is InChI=1S/C14H22BrN3O2/c1-3-17(4-2)9-5-8-16-11-12-6-7-13(18(19)20)10-14(12)15/h6-7,10,16H,3-5,8-9,11H2,1-2H3. The lowest BCUT2D eigenvalue weighted by Crippen LogP contribution is -2.27. The summed E-state index contributed by atoms with van der Waals surface area (Å²) < 4.78 is 0.781. The second-order valence-electron chi connectivity index (χ2n) is 4.59. The van der Waals surface area contributed by atoms with Gasteiger partial charge in [-0.15, -0.1) is 0 Å². The van der Waals surface area contributed by atoms with Crippen molar-refractivity contribution in [1.29, 1.82) is 0 Å². The molecule has 6 heteroatoms. The predicted molar refractivity (Wildman–Crippen MR) is 84.9 cm³/mol. The van der Waals surface area contributed by atoms with E-state index < -0.39 is 0 Å². The van der Waals surface area contributed by atoms with E-state index >= 15 is 0 Å². The first-order valence-electron chi connectivity index (χ1n) is 6.94. The maximum atomic E-state index is 10.6. The first kappa shape index (κ1) is 17.1. The summed E-state index contributed by atoms with van der Waals surface area (Å²) in [6.45, 7) is 9.28. The Morgan fingerprint density at radius 2 is 2.05 bits per heavy atom. The molecular weight excluding hydrogens is 322 g/mol. The van der Waals surface area contributed by atoms with Crippen LogP contribution in [0.3, 0.4) is 0 Å². The molecule has 112 valence electrons. The van der Waals surface area contributed by atoms with Gasteiger partial charge in [0.1, 0.15) is 0 Å². The molecule has 0 aliphatic rings. The number of nitro groups is 1. The lowest BCUT2D eigenvalue weighted by atomic mass is 10.2. The number of nitro benzene ring substituents is 1. The molecule has 1 aromatic carbocycles. The van der Waals surface area contributed by atoms with Gasteiger partial charge in [0.25, 0.3) is 5.69 Å². The van der Waals surface area contributed by atoms with Crippen LogP contribution in [0.4, 0.5) is 5.69 Å². The van der Waals surface area contributed by atoms with Crippen LogP contribution >= 0.6 is 15.9 Å². The number of hydrogen-bond acceptors (Lipinski definition) is 4. The fraction of sp³-hybridized carbons (Fsp3) is 0.571. The van der Waals surface area contributed by atoms with Gasteiger partial charge in [-0.25, -0.2) is 0 Å². The Bertz CT molecular complexity index is 436. The van der Waals surface area contributed by atoms with Crippen LogP contribution in [-0.2, 0) is 6.54 Å². The fourth-order valence-electron chi connectivity index (χ4n) is 1.98. The largest absolute Gasteiger partial charge is 0.313 e. The van der Waals surface area contributed by atoms with Crippen LogP contribution in [0.25, 0.3) is 0 Å². The molecule has 0 fully saturated rings. The minimum Gasteiger partial charge on any atom is -0.313 e. The lowest BCUT2D eigenvalue weighted by molar-refractivity contribution is -0.384. The normalized spacial score (nSPS) is 11.0. The summed E-state index contributed by atoms with van der Waals surface area (Å²) in [5.41, 5.74) is 1.15. The highest BCUT2D eigenvalue weighted by Crippen LogP contribution is 2.22. The summed E-state index contributed by atoms with van der Waals surface area (Å²) in [7, 11) is 0. The van der Waals surface area contributed by atoms with Crippen molar-refractivity contribution in [1.82, 2.24) is 10.2 Å². The van der Waals surface area contributed by atoms with Crippen LogP contribution < -0.4 is 5.32 Å². The van der Waals surface area contributed by atoms with Crippen molar-refractivity contribution < 1.29 is 4.92 Å². The fourth-order valence-corrected chi connectivity index (χ4v) is 2.49. The van der Waals surface area contributed by atoms with Gasteiger partial charge in [0, 0.05) is 23.2 Å². The molecule has 0 bridgehead atoms. The lowest BCUT2D eigenvalue weighted by Gasteiger charge is -2.17. The van der Waals surface area contributed by atoms with E-state index in [2.05, 4.69) is 40.0 Å². The summed E-state index contributed by atoms with van der Waals surface area (Å²) in [5, 5.41) is 14.0. The minimum atomic E-state index is -0.383. The molecule has 0 heterocycles. The molecule has 0 aliphatic heterocycles. The summed E-state index contributed by atoms with van der Waals surface area (Å²) in [6, 6.07) is 4.88. The van der Waals surface area contributed by atoms with E-state index in [1.54, 1.807) is 12.1 Å². The van der Waals surface area contributed by atoms with E-state index in [4.69, 9.17) is 0 Å². The van der Waals surface area contributed by atoms with Gasteiger partial charge in [-0.05, 0) is 44.2 Å². The molecule has 5 nitrogen and oxygen atoms in total. The molecule has 0 amide bonds. The van der Waals surface area contributed by atoms with E-state index in [9.17, 15) is 10.1 Å². The van der Waals surface area contributed by atoms with Crippen molar-refractivity contribution >= 4 is 21.6 Å². The van der Waals surface area contributed by atoms with E-state index in [0.29, 0.717) is 0 Å². The quantitative estimate of drug-likeness (QED) is 0.425. The van der Waals surface area contributed by atoms with Crippen LogP contribution in [0.15, 0.2) is 22.7 Å². The Kier molecular flexibility index (Phi) is 7.72. The summed E-state index contributed by atoms with van der Waals surface area (Å²) >= 11 is 3.38. The van der Waals surface area contributed by atoms with Gasteiger partial charge in [0.05, 0.1) is 4.92 Å². The van der Waals surface area contributed by atoms with E-state index in [1.807, 2.05) is 0 Å². The first-order chi connectivity index (χ1) is 9.58. The third-order valence-electron chi connectivity index (χ3n) is 3.29. The molecule has 0 aromatic heterocycles. The predicted octanol–water partition coefficient (Wildman–Crippen LogP) is 3.18. The average molecular weight is 344 g/mol. The van der Waals surface area contributed by atoms with Crippen molar-refractivity contribution in [3.05, 3.63) is 38.3 Å². The van der Waals surface area contributed by atoms with E-state index in [1.165, 1.54) is 6.07 Å². The Labute approximate surface area is 128 Å². The van der Waals surface area contributed by atoms with Crippen LogP contribution in [0.2, 0.25) is 0 Å². The van der Waals surface area contributed by atoms with E-state index in [-0.39, 0.29) is 10.6 Å². The van der Waals surface area contributed by atoms with Crippen molar-refractivity contribution in [2.75, 3.05) is 26.2 Å². The molecule has 0 saturated heterocycles. The Morgan fingerprint density at radius 3 is 2.60 bits per heavy atom. The third-order valence-corrected chi connectivity index (χ3v) is 4.02. The van der Waals surface area contributed by atoms with Crippen molar-refractivity contribution in [2.45, 2.75) is 26.8 Å². The second kappa shape index (κ2) is 9.05. The molecule has 0 atom stereocenters. The van der Waals surface area contributed by atoms with Gasteiger partial charge < -0.3 is 10.2 Å². The van der Waals surface area contributed by atoms with Gasteiger partial charge in [-0.3, -0.25) is 10.1 Å². The van der Waals surface area contributed by atoms with Crippen molar-refractivity contribution in [3.63, 3.8) is 0 Å². The number of benzene rings is 1. The van der Waals surface area contributed by atoms with Gasteiger partial charge in [-0.2, -0.15) is 0 Å². The molecule has 1 N–H and O–H groups in total. The highest BCUT2D eigenvalue weighted by atomic mass is 79.9. The van der Waals surface area contributed by atoms with Crippen LogP contribution in [0, 0.1) is 10.1 Å². The number of halogens is 1. The molecule has 0 radical (unpaired) electrons. The summed E-state index contributed by atoms with van der Waals surface area (Å²) in [5.74, 6) is 0. The van der Waals surface area contributed by atoms with Crippen LogP contribution in [0.5, 0.6) is 0 Å². The van der Waals surface area contributed by atoms with Crippen LogP contribution in [-0.4, -0.2) is 36.0 Å². The first-order valence-corrected chi connectivity index (χ1v) is 7.73. The second-order valence-corrected chi connectivity index (χ2v) is 5.44. The molecule has 1 aromatic rings.